The molecule has 1 aliphatic heterocycles. The van der Waals surface area contributed by atoms with Crippen molar-refractivity contribution in [1.82, 2.24) is 10.2 Å². The first-order valence-electron chi connectivity index (χ1n) is 5.66. The lowest BCUT2D eigenvalue weighted by molar-refractivity contribution is -0.154. The van der Waals surface area contributed by atoms with Gasteiger partial charge < -0.3 is 0 Å². The molecule has 2 unspecified atom stereocenters. The average Bonchev–Trinajstić information content (AvgIpc) is 2.31. The van der Waals surface area contributed by atoms with E-state index in [1.165, 1.54) is 7.05 Å². The molecule has 1 aliphatic rings. The fraction of sp³-hybridized carbons (Fsp3) is 0.583. The van der Waals surface area contributed by atoms with E-state index in [-0.39, 0.29) is 12.3 Å². The summed E-state index contributed by atoms with van der Waals surface area (Å²) in [6.07, 6.45) is 2.46. The van der Waals surface area contributed by atoms with Gasteiger partial charge in [0, 0.05) is 7.05 Å². The Morgan fingerprint density at radius 1 is 1.47 bits per heavy atom. The molecule has 0 aromatic heterocycles. The summed E-state index contributed by atoms with van der Waals surface area (Å²) in [5, 5.41) is 2.23. The molecule has 0 saturated carbocycles. The minimum atomic E-state index is -1.20. The highest BCUT2D eigenvalue weighted by Crippen LogP contribution is 2.38. The summed E-state index contributed by atoms with van der Waals surface area (Å²) in [6.45, 7) is 7.34. The molecule has 1 saturated heterocycles. The normalized spacial score (nSPS) is 26.8. The Labute approximate surface area is 101 Å². The highest BCUT2D eigenvalue weighted by atomic mass is 16.2. The first-order valence-corrected chi connectivity index (χ1v) is 5.66. The maximum absolute atomic E-state index is 12.3. The minimum absolute atomic E-state index is 0.149. The topological polar surface area (TPSA) is 66.5 Å². The van der Waals surface area contributed by atoms with E-state index in [0.29, 0.717) is 6.42 Å². The number of carbonyl (C=O) groups is 3. The second-order valence-corrected chi connectivity index (χ2v) is 4.40. The quantitative estimate of drug-likeness (QED) is 0.593. The molecule has 0 bridgehead atoms. The van der Waals surface area contributed by atoms with E-state index in [1.54, 1.807) is 6.08 Å². The summed E-state index contributed by atoms with van der Waals surface area (Å²) >= 11 is 0. The zero-order valence-corrected chi connectivity index (χ0v) is 10.4. The Hall–Kier alpha value is -1.65. The lowest BCUT2D eigenvalue weighted by atomic mass is 9.69. The summed E-state index contributed by atoms with van der Waals surface area (Å²) < 4.78 is 0. The molecule has 17 heavy (non-hydrogen) atoms. The van der Waals surface area contributed by atoms with Gasteiger partial charge in [0.2, 0.25) is 11.8 Å². The summed E-state index contributed by atoms with van der Waals surface area (Å²) in [7, 11) is 1.38. The van der Waals surface area contributed by atoms with Crippen LogP contribution in [-0.4, -0.2) is 29.8 Å². The van der Waals surface area contributed by atoms with Gasteiger partial charge in [-0.3, -0.25) is 19.8 Å². The zero-order valence-electron chi connectivity index (χ0n) is 10.4. The Morgan fingerprint density at radius 3 is 2.53 bits per heavy atom. The predicted molar refractivity (Wildman–Crippen MR) is 63.0 cm³/mol. The molecule has 1 N–H and O–H groups in total. The number of hydrogen-bond donors (Lipinski definition) is 1. The van der Waals surface area contributed by atoms with E-state index in [0.717, 1.165) is 4.90 Å². The Bertz CT molecular complexity index is 378. The highest BCUT2D eigenvalue weighted by molar-refractivity contribution is 6.19. The van der Waals surface area contributed by atoms with Crippen molar-refractivity contribution in [2.45, 2.75) is 26.7 Å². The predicted octanol–water partition coefficient (Wildman–Crippen LogP) is 1.30. The largest absolute Gasteiger partial charge is 0.330 e. The van der Waals surface area contributed by atoms with Crippen LogP contribution in [0.3, 0.4) is 0 Å². The van der Waals surface area contributed by atoms with Crippen molar-refractivity contribution in [3.8, 4) is 0 Å². The molecular formula is C12H18N2O3. The fourth-order valence-electron chi connectivity index (χ4n) is 2.17. The second kappa shape index (κ2) is 4.69. The number of carbonyl (C=O) groups excluding carboxylic acids is 3. The molecule has 1 heterocycles. The molecule has 4 amide bonds. The fourth-order valence-corrected chi connectivity index (χ4v) is 2.17. The molecule has 94 valence electrons. The molecule has 0 aromatic carbocycles. The van der Waals surface area contributed by atoms with E-state index in [2.05, 4.69) is 11.9 Å². The monoisotopic (exact) mass is 238 g/mol. The average molecular weight is 238 g/mol. The van der Waals surface area contributed by atoms with Crippen molar-refractivity contribution in [1.29, 1.82) is 0 Å². The number of imide groups is 2. The summed E-state index contributed by atoms with van der Waals surface area (Å²) in [5.74, 6) is -1.11. The molecular weight excluding hydrogens is 220 g/mol. The van der Waals surface area contributed by atoms with Crippen molar-refractivity contribution in [3.05, 3.63) is 12.7 Å². The van der Waals surface area contributed by atoms with Crippen LogP contribution < -0.4 is 5.32 Å². The first-order chi connectivity index (χ1) is 7.91. The maximum Gasteiger partial charge on any atom is 0.330 e. The van der Waals surface area contributed by atoms with Crippen LogP contribution in [0.1, 0.15) is 26.7 Å². The highest BCUT2D eigenvalue weighted by Gasteiger charge is 2.54. The Morgan fingerprint density at radius 2 is 2.06 bits per heavy atom. The molecule has 0 aromatic rings. The van der Waals surface area contributed by atoms with Crippen LogP contribution in [0.15, 0.2) is 12.7 Å². The number of amides is 4. The molecule has 5 heteroatoms. The van der Waals surface area contributed by atoms with Crippen LogP contribution >= 0.6 is 0 Å². The molecule has 1 rings (SSSR count). The Balaban J connectivity index is 3.26. The standard InChI is InChI=1S/C12H18N2O3/c1-5-7-12(8(3)6-2)9(15)13-11(17)14(4)10(12)16/h5,8H,1,6-7H2,2-4H3,(H,13,15,17). The van der Waals surface area contributed by atoms with Gasteiger partial charge in [-0.05, 0) is 12.3 Å². The lowest BCUT2D eigenvalue weighted by Gasteiger charge is -2.40. The molecule has 1 fully saturated rings. The summed E-state index contributed by atoms with van der Waals surface area (Å²) in [5.41, 5.74) is -1.20. The number of hydrogen-bond acceptors (Lipinski definition) is 3. The number of barbiturate groups is 1. The van der Waals surface area contributed by atoms with Crippen LogP contribution in [0.25, 0.3) is 0 Å². The van der Waals surface area contributed by atoms with Crippen molar-refractivity contribution >= 4 is 17.8 Å². The SMILES string of the molecule is C=CCC1(C(C)CC)C(=O)NC(=O)N(C)C1=O. The van der Waals surface area contributed by atoms with Gasteiger partial charge in [-0.25, -0.2) is 4.79 Å². The first kappa shape index (κ1) is 13.4. The van der Waals surface area contributed by atoms with Crippen molar-refractivity contribution < 1.29 is 14.4 Å². The third kappa shape index (κ3) is 1.85. The van der Waals surface area contributed by atoms with Gasteiger partial charge in [-0.1, -0.05) is 26.3 Å². The van der Waals surface area contributed by atoms with E-state index in [9.17, 15) is 14.4 Å². The third-order valence-corrected chi connectivity index (χ3v) is 3.54. The molecule has 0 radical (unpaired) electrons. The molecule has 0 aliphatic carbocycles. The maximum atomic E-state index is 12.3. The van der Waals surface area contributed by atoms with Crippen LogP contribution in [0.4, 0.5) is 4.79 Å². The Kier molecular flexibility index (Phi) is 3.70. The molecule has 0 spiro atoms. The number of nitrogens with one attached hydrogen (secondary N) is 1. The van der Waals surface area contributed by atoms with Gasteiger partial charge >= 0.3 is 6.03 Å². The van der Waals surface area contributed by atoms with E-state index in [1.807, 2.05) is 13.8 Å². The smallest absolute Gasteiger partial charge is 0.277 e. The van der Waals surface area contributed by atoms with Crippen molar-refractivity contribution in [2.24, 2.45) is 11.3 Å². The third-order valence-electron chi connectivity index (χ3n) is 3.54. The summed E-state index contributed by atoms with van der Waals surface area (Å²) in [6, 6.07) is -0.664. The van der Waals surface area contributed by atoms with Gasteiger partial charge in [-0.2, -0.15) is 0 Å². The molecule has 5 nitrogen and oxygen atoms in total. The van der Waals surface area contributed by atoms with Crippen LogP contribution in [-0.2, 0) is 9.59 Å². The van der Waals surface area contributed by atoms with Crippen LogP contribution in [0.5, 0.6) is 0 Å². The van der Waals surface area contributed by atoms with Gasteiger partial charge in [0.15, 0.2) is 0 Å². The lowest BCUT2D eigenvalue weighted by Crippen LogP contribution is -2.64. The van der Waals surface area contributed by atoms with Crippen molar-refractivity contribution in [2.75, 3.05) is 7.05 Å². The summed E-state index contributed by atoms with van der Waals surface area (Å²) in [4.78, 5) is 36.6. The number of nitrogens with zero attached hydrogens (tertiary/aromatic N) is 1. The molecule has 2 atom stereocenters. The van der Waals surface area contributed by atoms with Crippen LogP contribution in [0.2, 0.25) is 0 Å². The van der Waals surface area contributed by atoms with Gasteiger partial charge in [0.05, 0.1) is 0 Å². The van der Waals surface area contributed by atoms with Gasteiger partial charge in [-0.15, -0.1) is 6.58 Å². The van der Waals surface area contributed by atoms with E-state index >= 15 is 0 Å². The van der Waals surface area contributed by atoms with Gasteiger partial charge in [0.1, 0.15) is 5.41 Å². The zero-order chi connectivity index (χ0) is 13.2. The number of urea groups is 1. The minimum Gasteiger partial charge on any atom is -0.277 e. The van der Waals surface area contributed by atoms with Crippen LogP contribution in [0, 0.1) is 11.3 Å². The number of allylic oxidation sites excluding steroid dienone is 1. The van der Waals surface area contributed by atoms with E-state index in [4.69, 9.17) is 0 Å². The number of rotatable bonds is 4. The second-order valence-electron chi connectivity index (χ2n) is 4.40. The van der Waals surface area contributed by atoms with Crippen molar-refractivity contribution in [3.63, 3.8) is 0 Å². The van der Waals surface area contributed by atoms with Gasteiger partial charge in [0.25, 0.3) is 0 Å². The van der Waals surface area contributed by atoms with E-state index < -0.39 is 23.3 Å².